The van der Waals surface area contributed by atoms with Gasteiger partial charge in [-0.1, -0.05) is 0 Å². The first-order valence-corrected chi connectivity index (χ1v) is 11.6. The summed E-state index contributed by atoms with van der Waals surface area (Å²) in [6, 6.07) is 8.90. The van der Waals surface area contributed by atoms with Crippen LogP contribution < -0.4 is 4.74 Å². The number of benzene rings is 1. The molecule has 1 aromatic carbocycles. The number of rotatable bonds is 6. The maximum Gasteiger partial charge on any atom is 0.165 e. The van der Waals surface area contributed by atoms with Crippen molar-refractivity contribution in [3.8, 4) is 17.0 Å². The largest absolute Gasteiger partial charge is 0.494 e. The summed E-state index contributed by atoms with van der Waals surface area (Å²) in [5.74, 6) is 3.09. The van der Waals surface area contributed by atoms with Crippen molar-refractivity contribution >= 4 is 0 Å². The third kappa shape index (κ3) is 4.75. The summed E-state index contributed by atoms with van der Waals surface area (Å²) in [5.41, 5.74) is 2.46. The quantitative estimate of drug-likeness (QED) is 0.694. The van der Waals surface area contributed by atoms with Crippen LogP contribution in [0.3, 0.4) is 0 Å². The van der Waals surface area contributed by atoms with Crippen molar-refractivity contribution in [2.24, 2.45) is 23.7 Å². The lowest BCUT2D eigenvalue weighted by atomic mass is 9.98. The molecule has 2 aromatic rings. The molecule has 0 N–H and O–H groups in total. The second-order valence-corrected chi connectivity index (χ2v) is 9.60. The molecular weight excluding hydrogens is 393 g/mol. The lowest BCUT2D eigenvalue weighted by Gasteiger charge is -2.27. The van der Waals surface area contributed by atoms with Crippen LogP contribution in [-0.4, -0.2) is 55.1 Å². The standard InChI is InChI=1S/C25H32FN3O2/c1-30-25-5-2-19(13-23(25)26)24-4-3-22(27-28-24)12-18-10-20-15-29(16-21(20)11-18)14-17-6-8-31-9-7-17/h2-5,13,17-18,20-21H,6-12,14-16H2,1H3/t18?,20-,21+. The van der Waals surface area contributed by atoms with Gasteiger partial charge < -0.3 is 14.4 Å². The second-order valence-electron chi connectivity index (χ2n) is 9.60. The normalized spacial score (nSPS) is 26.8. The van der Waals surface area contributed by atoms with Crippen LogP contribution in [0.5, 0.6) is 5.75 Å². The Morgan fingerprint density at radius 3 is 2.45 bits per heavy atom. The molecule has 31 heavy (non-hydrogen) atoms. The average molecular weight is 426 g/mol. The molecule has 1 aliphatic carbocycles. The Morgan fingerprint density at radius 1 is 1.03 bits per heavy atom. The van der Waals surface area contributed by atoms with Crippen LogP contribution in [0.4, 0.5) is 4.39 Å². The number of methoxy groups -OCH3 is 1. The van der Waals surface area contributed by atoms with Crippen LogP contribution >= 0.6 is 0 Å². The molecule has 6 heteroatoms. The molecule has 2 saturated heterocycles. The number of hydrogen-bond acceptors (Lipinski definition) is 5. The van der Waals surface area contributed by atoms with Gasteiger partial charge in [-0.05, 0) is 86.1 Å². The zero-order valence-electron chi connectivity index (χ0n) is 18.3. The number of ether oxygens (including phenoxy) is 2. The Balaban J connectivity index is 1.13. The van der Waals surface area contributed by atoms with Crippen molar-refractivity contribution in [2.45, 2.75) is 32.1 Å². The Hall–Kier alpha value is -2.05. The third-order valence-corrected chi connectivity index (χ3v) is 7.45. The molecule has 0 spiro atoms. The van der Waals surface area contributed by atoms with Gasteiger partial charge in [0.15, 0.2) is 11.6 Å². The van der Waals surface area contributed by atoms with Gasteiger partial charge in [0.05, 0.1) is 18.5 Å². The SMILES string of the molecule is COc1ccc(-c2ccc(CC3C[C@@H]4CN(CC5CCOCC5)C[C@@H]4C3)nn2)cc1F. The molecule has 1 saturated carbocycles. The van der Waals surface area contributed by atoms with E-state index in [1.54, 1.807) is 6.07 Å². The van der Waals surface area contributed by atoms with E-state index in [0.717, 1.165) is 48.6 Å². The summed E-state index contributed by atoms with van der Waals surface area (Å²) in [6.07, 6.45) is 6.07. The number of nitrogens with zero attached hydrogens (tertiary/aromatic N) is 3. The molecule has 0 radical (unpaired) electrons. The van der Waals surface area contributed by atoms with Gasteiger partial charge >= 0.3 is 0 Å². The lowest BCUT2D eigenvalue weighted by molar-refractivity contribution is 0.0544. The predicted molar refractivity (Wildman–Crippen MR) is 117 cm³/mol. The van der Waals surface area contributed by atoms with Crippen molar-refractivity contribution in [1.82, 2.24) is 15.1 Å². The average Bonchev–Trinajstić information content (AvgIpc) is 3.33. The van der Waals surface area contributed by atoms with Gasteiger partial charge in [0.1, 0.15) is 0 Å². The second kappa shape index (κ2) is 9.21. The number of aromatic nitrogens is 2. The number of hydrogen-bond donors (Lipinski definition) is 0. The van der Waals surface area contributed by atoms with E-state index in [1.807, 2.05) is 12.1 Å². The van der Waals surface area contributed by atoms with Crippen LogP contribution in [0.2, 0.25) is 0 Å². The molecule has 3 fully saturated rings. The predicted octanol–water partition coefficient (Wildman–Crippen LogP) is 4.22. The van der Waals surface area contributed by atoms with Gasteiger partial charge in [0.2, 0.25) is 0 Å². The fraction of sp³-hybridized carbons (Fsp3) is 0.600. The molecule has 1 aromatic heterocycles. The molecule has 5 rings (SSSR count). The minimum atomic E-state index is -0.380. The summed E-state index contributed by atoms with van der Waals surface area (Å²) in [7, 11) is 1.47. The summed E-state index contributed by atoms with van der Waals surface area (Å²) in [4.78, 5) is 2.71. The van der Waals surface area contributed by atoms with Crippen molar-refractivity contribution in [3.05, 3.63) is 41.8 Å². The van der Waals surface area contributed by atoms with E-state index in [4.69, 9.17) is 9.47 Å². The number of likely N-dealkylation sites (tertiary alicyclic amines) is 1. The molecule has 0 amide bonds. The Morgan fingerprint density at radius 2 is 1.81 bits per heavy atom. The van der Waals surface area contributed by atoms with Gasteiger partial charge in [0, 0.05) is 38.4 Å². The van der Waals surface area contributed by atoms with E-state index in [-0.39, 0.29) is 11.6 Å². The Labute approximate surface area is 184 Å². The van der Waals surface area contributed by atoms with Gasteiger partial charge in [-0.15, -0.1) is 0 Å². The summed E-state index contributed by atoms with van der Waals surface area (Å²) >= 11 is 0. The summed E-state index contributed by atoms with van der Waals surface area (Å²) < 4.78 is 24.5. The van der Waals surface area contributed by atoms with Crippen LogP contribution in [-0.2, 0) is 11.2 Å². The molecule has 0 bridgehead atoms. The smallest absolute Gasteiger partial charge is 0.165 e. The Kier molecular flexibility index (Phi) is 6.19. The van der Waals surface area contributed by atoms with Crippen molar-refractivity contribution in [3.63, 3.8) is 0 Å². The van der Waals surface area contributed by atoms with Crippen LogP contribution in [0.1, 0.15) is 31.4 Å². The van der Waals surface area contributed by atoms with E-state index in [9.17, 15) is 4.39 Å². The molecule has 166 valence electrons. The highest BCUT2D eigenvalue weighted by Gasteiger charge is 2.41. The maximum absolute atomic E-state index is 14.0. The zero-order valence-corrected chi connectivity index (χ0v) is 18.3. The monoisotopic (exact) mass is 425 g/mol. The molecule has 3 heterocycles. The number of halogens is 1. The minimum Gasteiger partial charge on any atom is -0.494 e. The minimum absolute atomic E-state index is 0.242. The third-order valence-electron chi connectivity index (χ3n) is 7.45. The van der Waals surface area contributed by atoms with E-state index >= 15 is 0 Å². The molecule has 2 aliphatic heterocycles. The van der Waals surface area contributed by atoms with Crippen LogP contribution in [0.25, 0.3) is 11.3 Å². The van der Waals surface area contributed by atoms with Gasteiger partial charge in [-0.3, -0.25) is 0 Å². The highest BCUT2D eigenvalue weighted by molar-refractivity contribution is 5.59. The van der Waals surface area contributed by atoms with E-state index in [0.29, 0.717) is 11.6 Å². The molecular formula is C25H32FN3O2. The molecule has 3 atom stereocenters. The Bertz CT molecular complexity index is 871. The fourth-order valence-corrected chi connectivity index (χ4v) is 5.88. The maximum atomic E-state index is 14.0. The van der Waals surface area contributed by atoms with E-state index < -0.39 is 0 Å². The summed E-state index contributed by atoms with van der Waals surface area (Å²) in [5, 5.41) is 8.81. The fourth-order valence-electron chi connectivity index (χ4n) is 5.88. The van der Waals surface area contributed by atoms with E-state index in [1.165, 1.54) is 58.5 Å². The van der Waals surface area contributed by atoms with Gasteiger partial charge in [-0.25, -0.2) is 4.39 Å². The van der Waals surface area contributed by atoms with Crippen LogP contribution in [0.15, 0.2) is 30.3 Å². The lowest BCUT2D eigenvalue weighted by Crippen LogP contribution is -2.31. The highest BCUT2D eigenvalue weighted by atomic mass is 19.1. The van der Waals surface area contributed by atoms with Gasteiger partial charge in [0.25, 0.3) is 0 Å². The first-order valence-electron chi connectivity index (χ1n) is 11.6. The first kappa shape index (κ1) is 20.8. The van der Waals surface area contributed by atoms with E-state index in [2.05, 4.69) is 21.2 Å². The van der Waals surface area contributed by atoms with Crippen molar-refractivity contribution in [1.29, 1.82) is 0 Å². The number of fused-ring (bicyclic) bond motifs is 1. The summed E-state index contributed by atoms with van der Waals surface area (Å²) in [6.45, 7) is 5.69. The van der Waals surface area contributed by atoms with Crippen molar-refractivity contribution < 1.29 is 13.9 Å². The zero-order chi connectivity index (χ0) is 21.2. The molecule has 1 unspecified atom stereocenters. The molecule has 3 aliphatic rings. The van der Waals surface area contributed by atoms with Crippen molar-refractivity contribution in [2.75, 3.05) is 40.0 Å². The van der Waals surface area contributed by atoms with Crippen LogP contribution in [0, 0.1) is 29.5 Å². The molecule has 5 nitrogen and oxygen atoms in total. The van der Waals surface area contributed by atoms with Gasteiger partial charge in [-0.2, -0.15) is 10.2 Å². The topological polar surface area (TPSA) is 47.5 Å². The highest BCUT2D eigenvalue weighted by Crippen LogP contribution is 2.43. The first-order chi connectivity index (χ1) is 15.2.